The first kappa shape index (κ1) is 21.6. The van der Waals surface area contributed by atoms with Crippen LogP contribution in [-0.4, -0.2) is 30.4 Å². The predicted octanol–water partition coefficient (Wildman–Crippen LogP) is 3.79. The second-order valence-electron chi connectivity index (χ2n) is 6.77. The molecule has 2 N–H and O–H groups in total. The minimum absolute atomic E-state index is 0.140. The van der Waals surface area contributed by atoms with E-state index < -0.39 is 12.1 Å². The summed E-state index contributed by atoms with van der Waals surface area (Å²) in [5.41, 5.74) is 2.16. The Hall–Kier alpha value is -2.67. The fourth-order valence-corrected chi connectivity index (χ4v) is 3.79. The van der Waals surface area contributed by atoms with Crippen molar-refractivity contribution in [2.45, 2.75) is 46.6 Å². The molecule has 28 heavy (non-hydrogen) atoms. The number of aryl methyl sites for hydroxylation is 1. The molecule has 1 aromatic carbocycles. The number of rotatable bonds is 7. The molecule has 0 aliphatic heterocycles. The van der Waals surface area contributed by atoms with Gasteiger partial charge in [-0.25, -0.2) is 4.79 Å². The normalized spacial score (nSPS) is 12.8. The lowest BCUT2D eigenvalue weighted by Gasteiger charge is -2.17. The van der Waals surface area contributed by atoms with E-state index in [-0.39, 0.29) is 17.7 Å². The molecular weight excluding hydrogens is 376 g/mol. The number of esters is 1. The molecule has 0 fully saturated rings. The number of amides is 2. The topological polar surface area (TPSA) is 84.5 Å². The van der Waals surface area contributed by atoms with Crippen molar-refractivity contribution in [2.24, 2.45) is 0 Å². The summed E-state index contributed by atoms with van der Waals surface area (Å²) in [6, 6.07) is 9.86. The molecule has 150 valence electrons. The summed E-state index contributed by atoms with van der Waals surface area (Å²) in [7, 11) is 0. The second kappa shape index (κ2) is 9.50. The third kappa shape index (κ3) is 5.42. The molecular formula is C21H26N2O4S. The zero-order chi connectivity index (χ0) is 20.8. The van der Waals surface area contributed by atoms with Crippen LogP contribution in [0.3, 0.4) is 0 Å². The van der Waals surface area contributed by atoms with Crippen LogP contribution in [0.2, 0.25) is 0 Å². The summed E-state index contributed by atoms with van der Waals surface area (Å²) < 4.78 is 5.36. The Kier molecular flexibility index (Phi) is 7.34. The highest BCUT2D eigenvalue weighted by Gasteiger charge is 2.25. The molecule has 0 radical (unpaired) electrons. The molecule has 0 saturated heterocycles. The number of carbonyl (C=O) groups excluding carboxylic acids is 3. The van der Waals surface area contributed by atoms with E-state index in [9.17, 15) is 14.4 Å². The molecule has 0 saturated carbocycles. The first-order valence-electron chi connectivity index (χ1n) is 9.11. The van der Waals surface area contributed by atoms with Crippen molar-refractivity contribution in [1.82, 2.24) is 5.32 Å². The molecule has 1 aromatic heterocycles. The quantitative estimate of drug-likeness (QED) is 0.690. The zero-order valence-electron chi connectivity index (χ0n) is 16.8. The number of carbonyl (C=O) groups is 3. The van der Waals surface area contributed by atoms with Crippen LogP contribution >= 0.6 is 11.3 Å². The second-order valence-corrected chi connectivity index (χ2v) is 8.00. The van der Waals surface area contributed by atoms with Gasteiger partial charge in [-0.3, -0.25) is 9.59 Å². The van der Waals surface area contributed by atoms with Crippen molar-refractivity contribution in [3.63, 3.8) is 0 Å². The molecule has 2 rings (SSSR count). The summed E-state index contributed by atoms with van der Waals surface area (Å²) in [6.45, 7) is 9.03. The highest BCUT2D eigenvalue weighted by atomic mass is 32.1. The van der Waals surface area contributed by atoms with Crippen molar-refractivity contribution < 1.29 is 19.1 Å². The number of thiophene rings is 1. The van der Waals surface area contributed by atoms with Gasteiger partial charge in [0.1, 0.15) is 5.00 Å². The van der Waals surface area contributed by atoms with E-state index in [1.807, 2.05) is 44.2 Å². The molecule has 7 heteroatoms. The zero-order valence-corrected chi connectivity index (χ0v) is 17.6. The van der Waals surface area contributed by atoms with Gasteiger partial charge in [-0.2, -0.15) is 0 Å². The lowest BCUT2D eigenvalue weighted by molar-refractivity contribution is -0.129. The lowest BCUT2D eigenvalue weighted by atomic mass is 10.0. The third-order valence-electron chi connectivity index (χ3n) is 4.48. The fourth-order valence-electron chi connectivity index (χ4n) is 2.69. The van der Waals surface area contributed by atoms with E-state index in [0.717, 1.165) is 16.0 Å². The molecule has 2 amide bonds. The lowest BCUT2D eigenvalue weighted by Crippen LogP contribution is -2.37. The van der Waals surface area contributed by atoms with Gasteiger partial charge >= 0.3 is 5.97 Å². The van der Waals surface area contributed by atoms with Crippen molar-refractivity contribution in [1.29, 1.82) is 0 Å². The Balaban J connectivity index is 1.98. The SMILES string of the molecule is CC(=O)Nc1sc(C)c(C)c1C(=O)O[C@@H](C)C(=O)NC[C@@H](C)c1ccccc1. The molecule has 6 nitrogen and oxygen atoms in total. The molecule has 0 aliphatic carbocycles. The Morgan fingerprint density at radius 1 is 1.11 bits per heavy atom. The molecule has 0 unspecified atom stereocenters. The van der Waals surface area contributed by atoms with Crippen LogP contribution in [0.5, 0.6) is 0 Å². The van der Waals surface area contributed by atoms with E-state index in [4.69, 9.17) is 4.74 Å². The highest BCUT2D eigenvalue weighted by Crippen LogP contribution is 2.33. The summed E-state index contributed by atoms with van der Waals surface area (Å²) >= 11 is 1.31. The van der Waals surface area contributed by atoms with Gasteiger partial charge < -0.3 is 15.4 Å². The van der Waals surface area contributed by atoms with Gasteiger partial charge in [0.2, 0.25) is 5.91 Å². The van der Waals surface area contributed by atoms with Crippen molar-refractivity contribution in [2.75, 3.05) is 11.9 Å². The van der Waals surface area contributed by atoms with E-state index >= 15 is 0 Å². The summed E-state index contributed by atoms with van der Waals surface area (Å²) in [5.74, 6) is -1.11. The Morgan fingerprint density at radius 2 is 1.75 bits per heavy atom. The Labute approximate surface area is 169 Å². The number of hydrogen-bond donors (Lipinski definition) is 2. The number of ether oxygens (including phenoxy) is 1. The van der Waals surface area contributed by atoms with Crippen LogP contribution in [0.25, 0.3) is 0 Å². The maximum atomic E-state index is 12.6. The molecule has 2 atom stereocenters. The van der Waals surface area contributed by atoms with Crippen molar-refractivity contribution in [3.05, 3.63) is 51.9 Å². The van der Waals surface area contributed by atoms with Crippen LogP contribution in [0.4, 0.5) is 5.00 Å². The van der Waals surface area contributed by atoms with E-state index in [1.54, 1.807) is 6.92 Å². The Morgan fingerprint density at radius 3 is 2.36 bits per heavy atom. The third-order valence-corrected chi connectivity index (χ3v) is 5.61. The van der Waals surface area contributed by atoms with Crippen LogP contribution in [0, 0.1) is 13.8 Å². The molecule has 0 aliphatic rings. The van der Waals surface area contributed by atoms with Gasteiger partial charge in [-0.1, -0.05) is 37.3 Å². The van der Waals surface area contributed by atoms with Crippen molar-refractivity contribution >= 4 is 34.1 Å². The van der Waals surface area contributed by atoms with Crippen molar-refractivity contribution in [3.8, 4) is 0 Å². The number of benzene rings is 1. The first-order valence-corrected chi connectivity index (χ1v) is 9.93. The molecule has 2 aromatic rings. The standard InChI is InChI=1S/C21H26N2O4S/c1-12(17-9-7-6-8-10-17)11-22-19(25)14(3)27-21(26)18-13(2)15(4)28-20(18)23-16(5)24/h6-10,12,14H,11H2,1-5H3,(H,22,25)(H,23,24)/t12-,14+/m1/s1. The molecule has 1 heterocycles. The smallest absolute Gasteiger partial charge is 0.342 e. The van der Waals surface area contributed by atoms with Crippen LogP contribution in [0.15, 0.2) is 30.3 Å². The molecule has 0 bridgehead atoms. The van der Waals surface area contributed by atoms with Gasteiger partial charge in [0, 0.05) is 18.3 Å². The number of anilines is 1. The highest BCUT2D eigenvalue weighted by molar-refractivity contribution is 7.16. The minimum Gasteiger partial charge on any atom is -0.449 e. The summed E-state index contributed by atoms with van der Waals surface area (Å²) in [6.07, 6.45) is -0.944. The van der Waals surface area contributed by atoms with Gasteiger partial charge in [0.25, 0.3) is 5.91 Å². The fraction of sp³-hybridized carbons (Fsp3) is 0.381. The maximum Gasteiger partial charge on any atom is 0.342 e. The van der Waals surface area contributed by atoms with Gasteiger partial charge in [0.05, 0.1) is 5.56 Å². The van der Waals surface area contributed by atoms with Crippen LogP contribution < -0.4 is 10.6 Å². The van der Waals surface area contributed by atoms with Gasteiger partial charge in [-0.15, -0.1) is 11.3 Å². The van der Waals surface area contributed by atoms with Gasteiger partial charge in [0.15, 0.2) is 6.10 Å². The summed E-state index contributed by atoms with van der Waals surface area (Å²) in [5, 5.41) is 5.92. The van der Waals surface area contributed by atoms with Crippen LogP contribution in [0.1, 0.15) is 53.1 Å². The van der Waals surface area contributed by atoms with E-state index in [1.165, 1.54) is 25.2 Å². The first-order chi connectivity index (χ1) is 13.2. The number of hydrogen-bond acceptors (Lipinski definition) is 5. The van der Waals surface area contributed by atoms with Gasteiger partial charge in [-0.05, 0) is 37.8 Å². The van der Waals surface area contributed by atoms with E-state index in [0.29, 0.717) is 17.1 Å². The van der Waals surface area contributed by atoms with Crippen LogP contribution in [-0.2, 0) is 14.3 Å². The minimum atomic E-state index is -0.944. The average molecular weight is 403 g/mol. The predicted molar refractivity (Wildman–Crippen MR) is 111 cm³/mol. The Bertz CT molecular complexity index is 861. The average Bonchev–Trinajstić information content (AvgIpc) is 2.92. The molecule has 0 spiro atoms. The monoisotopic (exact) mass is 402 g/mol. The summed E-state index contributed by atoms with van der Waals surface area (Å²) in [4.78, 5) is 37.2. The maximum absolute atomic E-state index is 12.6. The largest absolute Gasteiger partial charge is 0.449 e. The number of nitrogens with one attached hydrogen (secondary N) is 2. The van der Waals surface area contributed by atoms with E-state index in [2.05, 4.69) is 10.6 Å².